The van der Waals surface area contributed by atoms with Gasteiger partial charge in [0.2, 0.25) is 5.95 Å². The number of nitrogens with zero attached hydrogens (tertiary/aromatic N) is 3. The molecular formula is C30H28F9N5O4. The smallest absolute Gasteiger partial charge is 0.416 e. The molecule has 4 N–H and O–H groups in total. The Labute approximate surface area is 266 Å². The monoisotopic (exact) mass is 693 g/mol. The van der Waals surface area contributed by atoms with Gasteiger partial charge in [-0.3, -0.25) is 9.69 Å². The van der Waals surface area contributed by atoms with Gasteiger partial charge in [-0.2, -0.15) is 39.5 Å². The first-order valence-electron chi connectivity index (χ1n) is 14.3. The third-order valence-corrected chi connectivity index (χ3v) is 7.75. The van der Waals surface area contributed by atoms with Crippen molar-refractivity contribution in [1.29, 1.82) is 0 Å². The summed E-state index contributed by atoms with van der Waals surface area (Å²) in [7, 11) is 0. The number of benzene rings is 2. The van der Waals surface area contributed by atoms with Gasteiger partial charge in [0.15, 0.2) is 0 Å². The van der Waals surface area contributed by atoms with Crippen LogP contribution in [0.15, 0.2) is 42.6 Å². The number of alkyl halides is 9. The van der Waals surface area contributed by atoms with Gasteiger partial charge in [-0.25, -0.2) is 14.8 Å². The molecule has 2 aromatic carbocycles. The number of rotatable bonds is 9. The summed E-state index contributed by atoms with van der Waals surface area (Å²) >= 11 is 0. The Bertz CT molecular complexity index is 1650. The van der Waals surface area contributed by atoms with Crippen LogP contribution in [0.1, 0.15) is 66.2 Å². The van der Waals surface area contributed by atoms with E-state index in [4.69, 9.17) is 0 Å². The molecule has 0 radical (unpaired) electrons. The summed E-state index contributed by atoms with van der Waals surface area (Å²) in [6, 6.07) is 1.82. The zero-order valence-electron chi connectivity index (χ0n) is 25.1. The molecule has 0 fully saturated rings. The molecule has 3 atom stereocenters. The molecule has 18 heteroatoms. The van der Waals surface area contributed by atoms with E-state index in [2.05, 4.69) is 20.6 Å². The zero-order valence-corrected chi connectivity index (χ0v) is 25.1. The lowest BCUT2D eigenvalue weighted by Gasteiger charge is -2.39. The highest BCUT2D eigenvalue weighted by atomic mass is 19.4. The quantitative estimate of drug-likeness (QED) is 0.166. The molecular weight excluding hydrogens is 665 g/mol. The first-order valence-corrected chi connectivity index (χ1v) is 14.3. The van der Waals surface area contributed by atoms with Crippen molar-refractivity contribution in [2.24, 2.45) is 5.92 Å². The molecule has 1 aromatic heterocycles. The Balaban J connectivity index is 1.80. The van der Waals surface area contributed by atoms with E-state index in [-0.39, 0.29) is 54.0 Å². The van der Waals surface area contributed by atoms with E-state index in [1.807, 2.05) is 0 Å². The average Bonchev–Trinajstić information content (AvgIpc) is 2.98. The number of fused-ring (bicyclic) bond motifs is 1. The summed E-state index contributed by atoms with van der Waals surface area (Å²) in [5, 5.41) is 24.7. The van der Waals surface area contributed by atoms with Gasteiger partial charge in [0.1, 0.15) is 0 Å². The summed E-state index contributed by atoms with van der Waals surface area (Å²) in [6.07, 6.45) is -15.7. The lowest BCUT2D eigenvalue weighted by Crippen LogP contribution is -2.45. The van der Waals surface area contributed by atoms with Crippen molar-refractivity contribution in [2.45, 2.75) is 63.7 Å². The van der Waals surface area contributed by atoms with Crippen LogP contribution in [-0.2, 0) is 29.7 Å². The van der Waals surface area contributed by atoms with E-state index in [1.54, 1.807) is 6.92 Å². The summed E-state index contributed by atoms with van der Waals surface area (Å²) in [6.45, 7) is 2.78. The number of halogens is 9. The number of anilines is 3. The predicted octanol–water partition coefficient (Wildman–Crippen LogP) is 8.08. The van der Waals surface area contributed by atoms with E-state index in [1.165, 1.54) is 6.92 Å². The first-order chi connectivity index (χ1) is 22.2. The molecule has 48 heavy (non-hydrogen) atoms. The fourth-order valence-corrected chi connectivity index (χ4v) is 5.27. The topological polar surface area (TPSA) is 128 Å². The van der Waals surface area contributed by atoms with Gasteiger partial charge >= 0.3 is 30.6 Å². The highest BCUT2D eigenvalue weighted by Gasteiger charge is 2.40. The van der Waals surface area contributed by atoms with Crippen LogP contribution in [0.4, 0.5) is 61.6 Å². The summed E-state index contributed by atoms with van der Waals surface area (Å²) in [5.41, 5.74) is -4.92. The molecule has 0 aliphatic carbocycles. The fourth-order valence-electron chi connectivity index (χ4n) is 5.27. The van der Waals surface area contributed by atoms with Crippen molar-refractivity contribution < 1.29 is 59.3 Å². The maximum atomic E-state index is 13.6. The van der Waals surface area contributed by atoms with Gasteiger partial charge in [0.25, 0.3) is 0 Å². The largest absolute Gasteiger partial charge is 0.481 e. The Hall–Kier alpha value is -4.77. The summed E-state index contributed by atoms with van der Waals surface area (Å²) in [4.78, 5) is 32.8. The lowest BCUT2D eigenvalue weighted by atomic mass is 9.89. The van der Waals surface area contributed by atoms with E-state index < -0.39 is 77.3 Å². The highest BCUT2D eigenvalue weighted by Crippen LogP contribution is 2.43. The van der Waals surface area contributed by atoms with Gasteiger partial charge in [-0.15, -0.1) is 0 Å². The van der Waals surface area contributed by atoms with Crippen molar-refractivity contribution in [3.8, 4) is 0 Å². The maximum Gasteiger partial charge on any atom is 0.416 e. The Morgan fingerprint density at radius 2 is 1.54 bits per heavy atom. The number of carboxylic acids is 1. The number of hydrogen-bond donors (Lipinski definition) is 4. The molecule has 3 aromatic rings. The minimum atomic E-state index is -5.13. The lowest BCUT2D eigenvalue weighted by molar-refractivity contribution is -0.143. The molecule has 0 bridgehead atoms. The molecule has 9 nitrogen and oxygen atoms in total. The van der Waals surface area contributed by atoms with Gasteiger partial charge in [0.05, 0.1) is 51.9 Å². The number of aromatic nitrogens is 2. The third-order valence-electron chi connectivity index (χ3n) is 7.75. The molecule has 0 saturated carbocycles. The molecule has 4 rings (SSSR count). The second-order valence-electron chi connectivity index (χ2n) is 11.2. The van der Waals surface area contributed by atoms with E-state index in [0.717, 1.165) is 29.3 Å². The molecule has 2 heterocycles. The minimum absolute atomic E-state index is 0.0218. The van der Waals surface area contributed by atoms with Crippen LogP contribution in [0.5, 0.6) is 0 Å². The molecule has 0 saturated heterocycles. The van der Waals surface area contributed by atoms with Crippen molar-refractivity contribution in [1.82, 2.24) is 9.97 Å². The average molecular weight is 694 g/mol. The van der Waals surface area contributed by atoms with E-state index >= 15 is 0 Å². The Kier molecular flexibility index (Phi) is 10.1. The van der Waals surface area contributed by atoms with Crippen LogP contribution in [-0.4, -0.2) is 44.8 Å². The molecule has 1 amide bonds. The zero-order chi connectivity index (χ0) is 35.8. The molecule has 1 aliphatic heterocycles. The molecule has 1 unspecified atom stereocenters. The normalized spacial score (nSPS) is 17.4. The summed E-state index contributed by atoms with van der Waals surface area (Å²) in [5.74, 6) is -2.46. The van der Waals surface area contributed by atoms with Gasteiger partial charge < -0.3 is 20.8 Å². The van der Waals surface area contributed by atoms with Crippen LogP contribution in [0, 0.1) is 5.92 Å². The van der Waals surface area contributed by atoms with Crippen molar-refractivity contribution in [3.05, 3.63) is 76.1 Å². The number of nitrogens with one attached hydrogen (secondary N) is 2. The number of carboxylic acid groups (broad SMARTS) is 2. The second-order valence-corrected chi connectivity index (χ2v) is 11.2. The standard InChI is InChI=1S/C30H28F9N5O4/c1-3-19-11-21(20-10-16(28(31,32)33)4-5-24(20)44(19)27(47)48)42-26-41-13-23(40-12-14(2)25(45)46)22(43-26)8-15-6-17(29(34,35)36)9-18(7-15)30(37,38)39/h4-7,9-10,13-14,19,21,40H,3,8,11-12H2,1-2H3,(H,45,46)(H,47,48)(H,41,42,43)/t14?,19-,21+/m1/s1. The van der Waals surface area contributed by atoms with Crippen LogP contribution in [0.25, 0.3) is 0 Å². The van der Waals surface area contributed by atoms with Gasteiger partial charge in [-0.1, -0.05) is 13.8 Å². The van der Waals surface area contributed by atoms with Crippen LogP contribution >= 0.6 is 0 Å². The highest BCUT2D eigenvalue weighted by molar-refractivity contribution is 5.89. The maximum absolute atomic E-state index is 13.6. The third kappa shape index (κ3) is 8.20. The van der Waals surface area contributed by atoms with Crippen molar-refractivity contribution >= 4 is 29.4 Å². The van der Waals surface area contributed by atoms with Crippen molar-refractivity contribution in [2.75, 3.05) is 22.1 Å². The van der Waals surface area contributed by atoms with Crippen LogP contribution in [0.3, 0.4) is 0 Å². The predicted molar refractivity (Wildman–Crippen MR) is 154 cm³/mol. The van der Waals surface area contributed by atoms with Gasteiger partial charge in [-0.05, 0) is 60.4 Å². The minimum Gasteiger partial charge on any atom is -0.481 e. The van der Waals surface area contributed by atoms with Crippen LogP contribution < -0.4 is 15.5 Å². The number of hydrogen-bond acceptors (Lipinski definition) is 6. The number of aliphatic carboxylic acids is 1. The molecule has 260 valence electrons. The van der Waals surface area contributed by atoms with E-state index in [9.17, 15) is 59.3 Å². The Morgan fingerprint density at radius 1 is 0.938 bits per heavy atom. The summed E-state index contributed by atoms with van der Waals surface area (Å²) < 4.78 is 122. The SMILES string of the molecule is CC[C@@H]1C[C@H](Nc2ncc(NCC(C)C(=O)O)c(Cc3cc(C(F)(F)F)cc(C(F)(F)F)c3)n2)c2cc(C(F)(F)F)ccc2N1C(=O)O. The van der Waals surface area contributed by atoms with E-state index in [0.29, 0.717) is 12.1 Å². The van der Waals surface area contributed by atoms with Crippen molar-refractivity contribution in [3.63, 3.8) is 0 Å². The van der Waals surface area contributed by atoms with Crippen LogP contribution in [0.2, 0.25) is 0 Å². The number of amides is 1. The molecule has 0 spiro atoms. The van der Waals surface area contributed by atoms with Gasteiger partial charge in [0, 0.05) is 19.0 Å². The Morgan fingerprint density at radius 3 is 2.06 bits per heavy atom. The molecule has 1 aliphatic rings. The second kappa shape index (κ2) is 13.4. The fraction of sp³-hybridized carbons (Fsp3) is 0.400. The first kappa shape index (κ1) is 36.1. The number of carbonyl (C=O) groups is 2.